The molecule has 1 amide bonds. The number of ether oxygens (including phenoxy) is 1. The standard InChI is InChI=1S/C19H17Cl2N3O3/c1-12(26-16-9-8-14(20)10-15(16)21)19(25)24(2)11-17-22-23-18(27-17)13-6-4-3-5-7-13/h3-10,12H,11H2,1-2H3/t12-/m1/s1. The molecule has 0 N–H and O–H groups in total. The molecular formula is C19H17Cl2N3O3. The Morgan fingerprint density at radius 2 is 1.93 bits per heavy atom. The molecule has 0 saturated heterocycles. The number of hydrogen-bond acceptors (Lipinski definition) is 5. The smallest absolute Gasteiger partial charge is 0.263 e. The Kier molecular flexibility index (Phi) is 5.98. The van der Waals surface area contributed by atoms with Gasteiger partial charge in [0.25, 0.3) is 5.91 Å². The highest BCUT2D eigenvalue weighted by Gasteiger charge is 2.22. The van der Waals surface area contributed by atoms with Gasteiger partial charge in [0.2, 0.25) is 11.8 Å². The van der Waals surface area contributed by atoms with Gasteiger partial charge in [-0.05, 0) is 37.3 Å². The van der Waals surface area contributed by atoms with E-state index in [1.165, 1.54) is 4.90 Å². The van der Waals surface area contributed by atoms with Gasteiger partial charge in [0, 0.05) is 17.6 Å². The molecule has 0 aliphatic carbocycles. The van der Waals surface area contributed by atoms with Crippen molar-refractivity contribution in [2.24, 2.45) is 0 Å². The zero-order valence-corrected chi connectivity index (χ0v) is 16.2. The van der Waals surface area contributed by atoms with Crippen LogP contribution in [0.2, 0.25) is 10.0 Å². The normalized spacial score (nSPS) is 11.9. The second kappa shape index (κ2) is 8.41. The van der Waals surface area contributed by atoms with Crippen LogP contribution in [0.1, 0.15) is 12.8 Å². The maximum Gasteiger partial charge on any atom is 0.263 e. The third kappa shape index (κ3) is 4.78. The number of benzene rings is 2. The Morgan fingerprint density at radius 1 is 1.19 bits per heavy atom. The maximum absolute atomic E-state index is 12.5. The predicted molar refractivity (Wildman–Crippen MR) is 103 cm³/mol. The number of aromatic nitrogens is 2. The lowest BCUT2D eigenvalue weighted by Gasteiger charge is -2.21. The fourth-order valence-electron chi connectivity index (χ4n) is 2.42. The summed E-state index contributed by atoms with van der Waals surface area (Å²) in [5.74, 6) is 0.880. The first-order valence-corrected chi connectivity index (χ1v) is 8.94. The zero-order valence-electron chi connectivity index (χ0n) is 14.7. The SMILES string of the molecule is C[C@@H](Oc1ccc(Cl)cc1Cl)C(=O)N(C)Cc1nnc(-c2ccccc2)o1. The molecule has 0 saturated carbocycles. The molecule has 3 aromatic rings. The third-order valence-electron chi connectivity index (χ3n) is 3.78. The van der Waals surface area contributed by atoms with E-state index in [9.17, 15) is 4.79 Å². The Morgan fingerprint density at radius 3 is 2.63 bits per heavy atom. The molecule has 3 rings (SSSR count). The van der Waals surface area contributed by atoms with Crippen molar-refractivity contribution in [2.45, 2.75) is 19.6 Å². The quantitative estimate of drug-likeness (QED) is 0.604. The summed E-state index contributed by atoms with van der Waals surface area (Å²) >= 11 is 11.9. The van der Waals surface area contributed by atoms with Crippen molar-refractivity contribution in [1.82, 2.24) is 15.1 Å². The van der Waals surface area contributed by atoms with Crippen molar-refractivity contribution in [3.05, 3.63) is 64.5 Å². The van der Waals surface area contributed by atoms with Crippen molar-refractivity contribution < 1.29 is 13.9 Å². The number of carbonyl (C=O) groups is 1. The lowest BCUT2D eigenvalue weighted by Crippen LogP contribution is -2.37. The summed E-state index contributed by atoms with van der Waals surface area (Å²) in [6.07, 6.45) is -0.745. The summed E-state index contributed by atoms with van der Waals surface area (Å²) in [4.78, 5) is 14.0. The topological polar surface area (TPSA) is 68.5 Å². The van der Waals surface area contributed by atoms with Gasteiger partial charge in [-0.25, -0.2) is 0 Å². The molecule has 1 atom stereocenters. The van der Waals surface area contributed by atoms with Crippen LogP contribution in [0.5, 0.6) is 5.75 Å². The molecule has 0 aliphatic heterocycles. The minimum Gasteiger partial charge on any atom is -0.479 e. The van der Waals surface area contributed by atoms with Crippen LogP contribution in [0, 0.1) is 0 Å². The summed E-state index contributed by atoms with van der Waals surface area (Å²) < 4.78 is 11.3. The van der Waals surface area contributed by atoms with Crippen LogP contribution >= 0.6 is 23.2 Å². The zero-order chi connectivity index (χ0) is 19.4. The molecular weight excluding hydrogens is 389 g/mol. The van der Waals surface area contributed by atoms with E-state index in [4.69, 9.17) is 32.4 Å². The van der Waals surface area contributed by atoms with Gasteiger partial charge in [0.1, 0.15) is 5.75 Å². The van der Waals surface area contributed by atoms with Gasteiger partial charge in [-0.15, -0.1) is 10.2 Å². The summed E-state index contributed by atoms with van der Waals surface area (Å²) in [7, 11) is 1.64. The van der Waals surface area contributed by atoms with Gasteiger partial charge in [-0.2, -0.15) is 0 Å². The number of hydrogen-bond donors (Lipinski definition) is 0. The van der Waals surface area contributed by atoms with E-state index in [1.807, 2.05) is 30.3 Å². The van der Waals surface area contributed by atoms with E-state index in [1.54, 1.807) is 32.2 Å². The molecule has 2 aromatic carbocycles. The lowest BCUT2D eigenvalue weighted by molar-refractivity contribution is -0.137. The van der Waals surface area contributed by atoms with E-state index in [0.717, 1.165) is 5.56 Å². The fraction of sp³-hybridized carbons (Fsp3) is 0.211. The second-order valence-corrected chi connectivity index (χ2v) is 6.74. The van der Waals surface area contributed by atoms with Crippen LogP contribution < -0.4 is 4.74 Å². The van der Waals surface area contributed by atoms with Gasteiger partial charge in [-0.3, -0.25) is 4.79 Å². The average Bonchev–Trinajstić information content (AvgIpc) is 3.12. The highest BCUT2D eigenvalue weighted by Crippen LogP contribution is 2.28. The van der Waals surface area contributed by atoms with E-state index in [0.29, 0.717) is 27.6 Å². The van der Waals surface area contributed by atoms with Crippen molar-refractivity contribution in [3.8, 4) is 17.2 Å². The second-order valence-electron chi connectivity index (χ2n) is 5.90. The van der Waals surface area contributed by atoms with E-state index in [-0.39, 0.29) is 12.5 Å². The van der Waals surface area contributed by atoms with Crippen LogP contribution in [0.3, 0.4) is 0 Å². The number of halogens is 2. The summed E-state index contributed by atoms with van der Waals surface area (Å²) in [5, 5.41) is 8.85. The van der Waals surface area contributed by atoms with Gasteiger partial charge < -0.3 is 14.1 Å². The number of amides is 1. The van der Waals surface area contributed by atoms with E-state index >= 15 is 0 Å². The molecule has 8 heteroatoms. The summed E-state index contributed by atoms with van der Waals surface area (Å²) in [6.45, 7) is 1.81. The van der Waals surface area contributed by atoms with Crippen molar-refractivity contribution in [3.63, 3.8) is 0 Å². The van der Waals surface area contributed by atoms with Gasteiger partial charge in [0.15, 0.2) is 6.10 Å². The van der Waals surface area contributed by atoms with Gasteiger partial charge in [0.05, 0.1) is 11.6 Å². The third-order valence-corrected chi connectivity index (χ3v) is 4.31. The summed E-state index contributed by atoms with van der Waals surface area (Å²) in [5.41, 5.74) is 0.819. The van der Waals surface area contributed by atoms with Crippen LogP contribution in [0.15, 0.2) is 52.9 Å². The first-order chi connectivity index (χ1) is 12.9. The Balaban J connectivity index is 1.62. The molecule has 0 fully saturated rings. The number of rotatable bonds is 6. The number of likely N-dealkylation sites (N-methyl/N-ethyl adjacent to an activating group) is 1. The van der Waals surface area contributed by atoms with Gasteiger partial charge >= 0.3 is 0 Å². The molecule has 27 heavy (non-hydrogen) atoms. The van der Waals surface area contributed by atoms with Crippen LogP contribution in [0.4, 0.5) is 0 Å². The monoisotopic (exact) mass is 405 g/mol. The largest absolute Gasteiger partial charge is 0.479 e. The van der Waals surface area contributed by atoms with Crippen LogP contribution in [0.25, 0.3) is 11.5 Å². The Labute approximate surface area is 166 Å². The molecule has 0 unspecified atom stereocenters. The van der Waals surface area contributed by atoms with Crippen LogP contribution in [-0.4, -0.2) is 34.2 Å². The van der Waals surface area contributed by atoms with E-state index < -0.39 is 6.10 Å². The molecule has 140 valence electrons. The Hall–Kier alpha value is -2.57. The van der Waals surface area contributed by atoms with Crippen molar-refractivity contribution >= 4 is 29.1 Å². The molecule has 0 bridgehead atoms. The molecule has 6 nitrogen and oxygen atoms in total. The number of nitrogens with zero attached hydrogens (tertiary/aromatic N) is 3. The maximum atomic E-state index is 12.5. The first kappa shape index (κ1) is 19.2. The molecule has 0 aliphatic rings. The highest BCUT2D eigenvalue weighted by atomic mass is 35.5. The molecule has 1 aromatic heterocycles. The predicted octanol–water partition coefficient (Wildman–Crippen LogP) is 4.47. The van der Waals surface area contributed by atoms with Crippen molar-refractivity contribution in [1.29, 1.82) is 0 Å². The van der Waals surface area contributed by atoms with Crippen LogP contribution in [-0.2, 0) is 11.3 Å². The molecule has 1 heterocycles. The highest BCUT2D eigenvalue weighted by molar-refractivity contribution is 6.35. The average molecular weight is 406 g/mol. The van der Waals surface area contributed by atoms with Crippen molar-refractivity contribution in [2.75, 3.05) is 7.05 Å². The first-order valence-electron chi connectivity index (χ1n) is 8.18. The number of carbonyl (C=O) groups excluding carboxylic acids is 1. The fourth-order valence-corrected chi connectivity index (χ4v) is 2.87. The van der Waals surface area contributed by atoms with E-state index in [2.05, 4.69) is 10.2 Å². The van der Waals surface area contributed by atoms with Gasteiger partial charge in [-0.1, -0.05) is 41.4 Å². The molecule has 0 radical (unpaired) electrons. The minimum atomic E-state index is -0.745. The lowest BCUT2D eigenvalue weighted by atomic mass is 10.2. The Bertz CT molecular complexity index is 931. The summed E-state index contributed by atoms with van der Waals surface area (Å²) in [6, 6.07) is 14.2. The minimum absolute atomic E-state index is 0.167. The molecule has 0 spiro atoms.